The number of imidazole rings is 1. The van der Waals surface area contributed by atoms with Crippen molar-refractivity contribution >= 4 is 22.0 Å². The highest BCUT2D eigenvalue weighted by atomic mass is 16.3. The number of nitrogens with zero attached hydrogens (tertiary/aromatic N) is 2. The van der Waals surface area contributed by atoms with Crippen molar-refractivity contribution in [2.45, 2.75) is 26.9 Å². The first-order valence-electron chi connectivity index (χ1n) is 8.21. The predicted octanol–water partition coefficient (Wildman–Crippen LogP) is 4.56. The summed E-state index contributed by atoms with van der Waals surface area (Å²) in [5, 5.41) is 1.21. The van der Waals surface area contributed by atoms with Gasteiger partial charge >= 0.3 is 0 Å². The van der Waals surface area contributed by atoms with Gasteiger partial charge in [0.25, 0.3) is 0 Å². The fourth-order valence-electron chi connectivity index (χ4n) is 3.17. The molecular formula is C20H21N3O. The second-order valence-electron chi connectivity index (χ2n) is 6.52. The molecule has 4 heteroatoms. The fourth-order valence-corrected chi connectivity index (χ4v) is 3.17. The number of hydrogen-bond donors (Lipinski definition) is 1. The highest BCUT2D eigenvalue weighted by Gasteiger charge is 2.13. The number of fused-ring (bicyclic) bond motifs is 2. The molecule has 0 spiro atoms. The zero-order chi connectivity index (χ0) is 16.7. The van der Waals surface area contributed by atoms with Crippen LogP contribution in [0.1, 0.15) is 22.7 Å². The number of rotatable bonds is 4. The fraction of sp³-hybridized carbons (Fsp3) is 0.250. The first-order chi connectivity index (χ1) is 11.6. The van der Waals surface area contributed by atoms with Crippen LogP contribution < -0.4 is 0 Å². The first-order valence-corrected chi connectivity index (χ1v) is 8.21. The van der Waals surface area contributed by atoms with Crippen molar-refractivity contribution in [2.75, 3.05) is 7.05 Å². The maximum absolute atomic E-state index is 6.05. The Bertz CT molecular complexity index is 979. The maximum atomic E-state index is 6.05. The van der Waals surface area contributed by atoms with Gasteiger partial charge in [-0.05, 0) is 50.7 Å². The smallest absolute Gasteiger partial charge is 0.134 e. The van der Waals surface area contributed by atoms with E-state index in [9.17, 15) is 0 Å². The van der Waals surface area contributed by atoms with E-state index in [2.05, 4.69) is 60.0 Å². The van der Waals surface area contributed by atoms with E-state index >= 15 is 0 Å². The Kier molecular flexibility index (Phi) is 3.62. The van der Waals surface area contributed by atoms with Crippen LogP contribution in [0.3, 0.4) is 0 Å². The molecule has 0 bridgehead atoms. The monoisotopic (exact) mass is 319 g/mol. The Morgan fingerprint density at radius 3 is 2.75 bits per heavy atom. The lowest BCUT2D eigenvalue weighted by atomic mass is 10.1. The summed E-state index contributed by atoms with van der Waals surface area (Å²) in [5.74, 6) is 2.00. The first kappa shape index (κ1) is 15.0. The summed E-state index contributed by atoms with van der Waals surface area (Å²) in [6.45, 7) is 5.76. The molecule has 0 aliphatic rings. The molecule has 0 fully saturated rings. The molecule has 2 aromatic heterocycles. The predicted molar refractivity (Wildman–Crippen MR) is 97.0 cm³/mol. The summed E-state index contributed by atoms with van der Waals surface area (Å²) >= 11 is 0. The van der Waals surface area contributed by atoms with Crippen molar-refractivity contribution in [3.8, 4) is 0 Å². The molecule has 122 valence electrons. The van der Waals surface area contributed by atoms with Crippen molar-refractivity contribution in [3.63, 3.8) is 0 Å². The van der Waals surface area contributed by atoms with Crippen LogP contribution in [0, 0.1) is 13.8 Å². The second kappa shape index (κ2) is 5.80. The van der Waals surface area contributed by atoms with E-state index in [1.165, 1.54) is 16.5 Å². The molecule has 0 saturated carbocycles. The van der Waals surface area contributed by atoms with Gasteiger partial charge in [0, 0.05) is 5.39 Å². The summed E-state index contributed by atoms with van der Waals surface area (Å²) in [4.78, 5) is 10.2. The number of furan rings is 1. The van der Waals surface area contributed by atoms with Gasteiger partial charge < -0.3 is 9.40 Å². The van der Waals surface area contributed by atoms with E-state index in [-0.39, 0.29) is 0 Å². The molecule has 24 heavy (non-hydrogen) atoms. The van der Waals surface area contributed by atoms with Gasteiger partial charge in [0.15, 0.2) is 0 Å². The third-order valence-electron chi connectivity index (χ3n) is 4.46. The summed E-state index contributed by atoms with van der Waals surface area (Å²) in [6.07, 6.45) is 0. The molecule has 4 aromatic rings. The van der Waals surface area contributed by atoms with Crippen LogP contribution >= 0.6 is 0 Å². The SMILES string of the molecule is Cc1ccc2oc(CN(C)Cc3nc4ccccc4[nH]3)c(C)c2c1. The Morgan fingerprint density at radius 1 is 1.08 bits per heavy atom. The highest BCUT2D eigenvalue weighted by Crippen LogP contribution is 2.27. The molecule has 1 N–H and O–H groups in total. The minimum atomic E-state index is 0.754. The molecular weight excluding hydrogens is 298 g/mol. The number of H-pyrrole nitrogens is 1. The standard InChI is InChI=1S/C20H21N3O/c1-13-8-9-18-15(10-13)14(2)19(24-18)11-23(3)12-20-21-16-6-4-5-7-17(16)22-20/h4-10H,11-12H2,1-3H3,(H,21,22). The van der Waals surface area contributed by atoms with Crippen molar-refractivity contribution in [3.05, 3.63) is 65.2 Å². The van der Waals surface area contributed by atoms with E-state index in [0.717, 1.165) is 41.3 Å². The van der Waals surface area contributed by atoms with E-state index in [0.29, 0.717) is 0 Å². The minimum Gasteiger partial charge on any atom is -0.459 e. The summed E-state index contributed by atoms with van der Waals surface area (Å²) in [6, 6.07) is 14.5. The third kappa shape index (κ3) is 2.69. The quantitative estimate of drug-likeness (QED) is 0.600. The molecule has 2 aromatic carbocycles. The van der Waals surface area contributed by atoms with Gasteiger partial charge in [-0.15, -0.1) is 0 Å². The van der Waals surface area contributed by atoms with Crippen molar-refractivity contribution < 1.29 is 4.42 Å². The largest absolute Gasteiger partial charge is 0.459 e. The molecule has 0 unspecified atom stereocenters. The normalized spacial score (nSPS) is 11.8. The lowest BCUT2D eigenvalue weighted by Gasteiger charge is -2.13. The topological polar surface area (TPSA) is 45.1 Å². The van der Waals surface area contributed by atoms with Crippen molar-refractivity contribution in [2.24, 2.45) is 0 Å². The number of benzene rings is 2. The Balaban J connectivity index is 1.55. The van der Waals surface area contributed by atoms with Crippen LogP contribution in [0.15, 0.2) is 46.9 Å². The van der Waals surface area contributed by atoms with Gasteiger partial charge in [-0.3, -0.25) is 4.90 Å². The molecule has 0 aliphatic carbocycles. The van der Waals surface area contributed by atoms with Gasteiger partial charge in [-0.1, -0.05) is 23.8 Å². The number of aromatic nitrogens is 2. The van der Waals surface area contributed by atoms with E-state index in [1.54, 1.807) is 0 Å². The maximum Gasteiger partial charge on any atom is 0.134 e. The van der Waals surface area contributed by atoms with E-state index < -0.39 is 0 Å². The third-order valence-corrected chi connectivity index (χ3v) is 4.46. The lowest BCUT2D eigenvalue weighted by Crippen LogP contribution is -2.18. The van der Waals surface area contributed by atoms with E-state index in [4.69, 9.17) is 4.42 Å². The second-order valence-corrected chi connectivity index (χ2v) is 6.52. The number of hydrogen-bond acceptors (Lipinski definition) is 3. The van der Waals surface area contributed by atoms with Crippen LogP contribution in [-0.2, 0) is 13.1 Å². The van der Waals surface area contributed by atoms with Gasteiger partial charge in [0.2, 0.25) is 0 Å². The average molecular weight is 319 g/mol. The molecule has 0 atom stereocenters. The van der Waals surface area contributed by atoms with Gasteiger partial charge in [-0.25, -0.2) is 4.98 Å². The Labute approximate surface area is 141 Å². The van der Waals surface area contributed by atoms with Gasteiger partial charge in [0.1, 0.15) is 17.2 Å². The molecule has 0 saturated heterocycles. The highest BCUT2D eigenvalue weighted by molar-refractivity contribution is 5.82. The van der Waals surface area contributed by atoms with Crippen LogP contribution in [0.25, 0.3) is 22.0 Å². The lowest BCUT2D eigenvalue weighted by molar-refractivity contribution is 0.285. The summed E-state index contributed by atoms with van der Waals surface area (Å²) < 4.78 is 6.05. The molecule has 0 radical (unpaired) electrons. The molecule has 4 nitrogen and oxygen atoms in total. The van der Waals surface area contributed by atoms with Crippen LogP contribution in [0.5, 0.6) is 0 Å². The Hall–Kier alpha value is -2.59. The summed E-state index contributed by atoms with van der Waals surface area (Å²) in [7, 11) is 2.09. The minimum absolute atomic E-state index is 0.754. The number of aromatic amines is 1. The van der Waals surface area contributed by atoms with E-state index in [1.807, 2.05) is 18.2 Å². The van der Waals surface area contributed by atoms with Crippen LogP contribution in [-0.4, -0.2) is 21.9 Å². The van der Waals surface area contributed by atoms with Gasteiger partial charge in [-0.2, -0.15) is 0 Å². The molecule has 4 rings (SSSR count). The molecule has 0 amide bonds. The molecule has 2 heterocycles. The molecule has 0 aliphatic heterocycles. The van der Waals surface area contributed by atoms with Crippen LogP contribution in [0.2, 0.25) is 0 Å². The average Bonchev–Trinajstić information content (AvgIpc) is 3.09. The number of nitrogens with one attached hydrogen (secondary N) is 1. The number of para-hydroxylation sites is 2. The number of aryl methyl sites for hydroxylation is 2. The van der Waals surface area contributed by atoms with Gasteiger partial charge in [0.05, 0.1) is 24.1 Å². The zero-order valence-electron chi connectivity index (χ0n) is 14.3. The van der Waals surface area contributed by atoms with Crippen molar-refractivity contribution in [1.29, 1.82) is 0 Å². The zero-order valence-corrected chi connectivity index (χ0v) is 14.3. The van der Waals surface area contributed by atoms with Crippen molar-refractivity contribution in [1.82, 2.24) is 14.9 Å². The Morgan fingerprint density at radius 2 is 1.92 bits per heavy atom. The van der Waals surface area contributed by atoms with Crippen LogP contribution in [0.4, 0.5) is 0 Å². The summed E-state index contributed by atoms with van der Waals surface area (Å²) in [5.41, 5.74) is 5.54.